The summed E-state index contributed by atoms with van der Waals surface area (Å²) >= 11 is 0. The molecule has 0 aromatic heterocycles. The molecule has 0 unspecified atom stereocenters. The Balaban J connectivity index is 2.15. The molecule has 0 radical (unpaired) electrons. The first-order chi connectivity index (χ1) is 6.20. The highest BCUT2D eigenvalue weighted by molar-refractivity contribution is 4.92. The van der Waals surface area contributed by atoms with Crippen LogP contribution in [-0.4, -0.2) is 30.1 Å². The van der Waals surface area contributed by atoms with Gasteiger partial charge in [-0.15, -0.1) is 0 Å². The summed E-state index contributed by atoms with van der Waals surface area (Å²) in [5.74, 6) is 0. The molecule has 2 nitrogen and oxygen atoms in total. The normalized spacial score (nSPS) is 20.3. The highest BCUT2D eigenvalue weighted by Gasteiger charge is 2.31. The highest BCUT2D eigenvalue weighted by Crippen LogP contribution is 2.32. The van der Waals surface area contributed by atoms with Crippen molar-refractivity contribution in [3.05, 3.63) is 0 Å². The molecule has 1 rings (SSSR count). The first kappa shape index (κ1) is 11.0. The Morgan fingerprint density at radius 1 is 1.23 bits per heavy atom. The van der Waals surface area contributed by atoms with Gasteiger partial charge in [0.15, 0.2) is 0 Å². The number of hydrogen-bond donors (Lipinski definition) is 1. The maximum atomic E-state index is 6.18. The zero-order valence-electron chi connectivity index (χ0n) is 9.18. The molecule has 0 atom stereocenters. The average molecular weight is 184 g/mol. The Morgan fingerprint density at radius 3 is 2.31 bits per heavy atom. The maximum absolute atomic E-state index is 6.18. The minimum Gasteiger partial charge on any atom is -0.325 e. The van der Waals surface area contributed by atoms with Crippen molar-refractivity contribution in [1.82, 2.24) is 4.90 Å². The van der Waals surface area contributed by atoms with Crippen molar-refractivity contribution in [2.75, 3.05) is 19.6 Å². The van der Waals surface area contributed by atoms with Crippen LogP contribution in [-0.2, 0) is 0 Å². The topological polar surface area (TPSA) is 29.3 Å². The van der Waals surface area contributed by atoms with E-state index in [0.717, 1.165) is 0 Å². The molecule has 0 spiro atoms. The molecule has 2 N–H and O–H groups in total. The fraction of sp³-hybridized carbons (Fsp3) is 1.00. The van der Waals surface area contributed by atoms with Gasteiger partial charge < -0.3 is 10.6 Å². The third kappa shape index (κ3) is 3.28. The van der Waals surface area contributed by atoms with E-state index in [4.69, 9.17) is 5.73 Å². The van der Waals surface area contributed by atoms with Crippen molar-refractivity contribution in [2.45, 2.75) is 51.5 Å². The fourth-order valence-electron chi connectivity index (χ4n) is 2.01. The van der Waals surface area contributed by atoms with Crippen molar-refractivity contribution >= 4 is 0 Å². The number of nitrogens with two attached hydrogens (primary N) is 1. The van der Waals surface area contributed by atoms with Crippen LogP contribution < -0.4 is 5.73 Å². The van der Waals surface area contributed by atoms with Gasteiger partial charge in [-0.2, -0.15) is 0 Å². The van der Waals surface area contributed by atoms with Gasteiger partial charge >= 0.3 is 0 Å². The maximum Gasteiger partial charge on any atom is 0.0166 e. The van der Waals surface area contributed by atoms with Gasteiger partial charge in [0.25, 0.3) is 0 Å². The van der Waals surface area contributed by atoms with Gasteiger partial charge in [0, 0.05) is 5.54 Å². The Bertz CT molecular complexity index is 141. The molecule has 0 saturated heterocycles. The Morgan fingerprint density at radius 2 is 1.92 bits per heavy atom. The summed E-state index contributed by atoms with van der Waals surface area (Å²) in [5, 5.41) is 0. The zero-order chi connectivity index (χ0) is 9.73. The predicted octanol–water partition coefficient (Wildman–Crippen LogP) is 1.99. The summed E-state index contributed by atoms with van der Waals surface area (Å²) < 4.78 is 0. The van der Waals surface area contributed by atoms with Gasteiger partial charge in [0.2, 0.25) is 0 Å². The van der Waals surface area contributed by atoms with Crippen LogP contribution in [0.15, 0.2) is 0 Å². The molecule has 1 aliphatic rings. The van der Waals surface area contributed by atoms with Crippen LogP contribution >= 0.6 is 0 Å². The molecule has 1 saturated carbocycles. The first-order valence-corrected chi connectivity index (χ1v) is 5.71. The third-order valence-electron chi connectivity index (χ3n) is 3.26. The van der Waals surface area contributed by atoms with E-state index in [2.05, 4.69) is 18.7 Å². The zero-order valence-corrected chi connectivity index (χ0v) is 9.18. The van der Waals surface area contributed by atoms with E-state index in [1.54, 1.807) is 0 Å². The van der Waals surface area contributed by atoms with Crippen LogP contribution in [0.5, 0.6) is 0 Å². The van der Waals surface area contributed by atoms with Crippen molar-refractivity contribution in [3.63, 3.8) is 0 Å². The Labute approximate surface area is 82.5 Å². The molecule has 13 heavy (non-hydrogen) atoms. The SMILES string of the molecule is CCCN(CC)CCC1(N)CCC1. The average Bonchev–Trinajstić information content (AvgIpc) is 2.09. The molecule has 1 fully saturated rings. The summed E-state index contributed by atoms with van der Waals surface area (Å²) in [6.07, 6.45) is 6.29. The van der Waals surface area contributed by atoms with Crippen LogP contribution in [0.4, 0.5) is 0 Å². The molecular weight excluding hydrogens is 160 g/mol. The minimum atomic E-state index is 0.209. The van der Waals surface area contributed by atoms with Crippen LogP contribution in [0.2, 0.25) is 0 Å². The van der Waals surface area contributed by atoms with Gasteiger partial charge in [-0.3, -0.25) is 0 Å². The van der Waals surface area contributed by atoms with E-state index in [0.29, 0.717) is 0 Å². The van der Waals surface area contributed by atoms with Crippen molar-refractivity contribution in [2.24, 2.45) is 5.73 Å². The van der Waals surface area contributed by atoms with E-state index in [1.165, 1.54) is 51.7 Å². The standard InChI is InChI=1S/C11H24N2/c1-3-9-13(4-2)10-8-11(12)6-5-7-11/h3-10,12H2,1-2H3. The summed E-state index contributed by atoms with van der Waals surface area (Å²) in [6.45, 7) is 8.07. The molecule has 2 heteroatoms. The van der Waals surface area contributed by atoms with Crippen molar-refractivity contribution < 1.29 is 0 Å². The van der Waals surface area contributed by atoms with Gasteiger partial charge in [0.1, 0.15) is 0 Å². The van der Waals surface area contributed by atoms with E-state index in [-0.39, 0.29) is 5.54 Å². The molecule has 0 aromatic rings. The second-order valence-corrected chi connectivity index (χ2v) is 4.40. The van der Waals surface area contributed by atoms with Crippen LogP contribution in [0, 0.1) is 0 Å². The van der Waals surface area contributed by atoms with Gasteiger partial charge in [0.05, 0.1) is 0 Å². The first-order valence-electron chi connectivity index (χ1n) is 5.71. The lowest BCUT2D eigenvalue weighted by Gasteiger charge is -2.39. The van der Waals surface area contributed by atoms with E-state index < -0.39 is 0 Å². The minimum absolute atomic E-state index is 0.209. The molecule has 0 heterocycles. The van der Waals surface area contributed by atoms with Crippen LogP contribution in [0.3, 0.4) is 0 Å². The Kier molecular flexibility index (Phi) is 4.20. The Hall–Kier alpha value is -0.0800. The van der Waals surface area contributed by atoms with Crippen LogP contribution in [0.25, 0.3) is 0 Å². The summed E-state index contributed by atoms with van der Waals surface area (Å²) in [5.41, 5.74) is 6.38. The van der Waals surface area contributed by atoms with Crippen LogP contribution in [0.1, 0.15) is 46.0 Å². The molecule has 0 bridgehead atoms. The molecule has 78 valence electrons. The van der Waals surface area contributed by atoms with E-state index in [9.17, 15) is 0 Å². The second-order valence-electron chi connectivity index (χ2n) is 4.40. The van der Waals surface area contributed by atoms with Gasteiger partial charge in [-0.1, -0.05) is 13.8 Å². The number of nitrogens with zero attached hydrogens (tertiary/aromatic N) is 1. The summed E-state index contributed by atoms with van der Waals surface area (Å²) in [4.78, 5) is 2.51. The number of hydrogen-bond acceptors (Lipinski definition) is 2. The van der Waals surface area contributed by atoms with Gasteiger partial charge in [-0.25, -0.2) is 0 Å². The lowest BCUT2D eigenvalue weighted by Crippen LogP contribution is -2.48. The lowest BCUT2D eigenvalue weighted by atomic mass is 9.75. The monoisotopic (exact) mass is 184 g/mol. The number of rotatable bonds is 6. The smallest absolute Gasteiger partial charge is 0.0166 e. The summed E-state index contributed by atoms with van der Waals surface area (Å²) in [7, 11) is 0. The quantitative estimate of drug-likeness (QED) is 0.684. The largest absolute Gasteiger partial charge is 0.325 e. The molecule has 1 aliphatic carbocycles. The lowest BCUT2D eigenvalue weighted by molar-refractivity contribution is 0.185. The van der Waals surface area contributed by atoms with E-state index in [1.807, 2.05) is 0 Å². The molecule has 0 aromatic carbocycles. The van der Waals surface area contributed by atoms with Crippen molar-refractivity contribution in [1.29, 1.82) is 0 Å². The third-order valence-corrected chi connectivity index (χ3v) is 3.26. The molecular formula is C11H24N2. The van der Waals surface area contributed by atoms with E-state index >= 15 is 0 Å². The molecule has 0 aliphatic heterocycles. The van der Waals surface area contributed by atoms with Crippen molar-refractivity contribution in [3.8, 4) is 0 Å². The molecule has 0 amide bonds. The van der Waals surface area contributed by atoms with Gasteiger partial charge in [-0.05, 0) is 51.7 Å². The summed E-state index contributed by atoms with van der Waals surface area (Å²) in [6, 6.07) is 0. The second kappa shape index (κ2) is 4.97. The fourth-order valence-corrected chi connectivity index (χ4v) is 2.01. The predicted molar refractivity (Wildman–Crippen MR) is 57.8 cm³/mol. The highest BCUT2D eigenvalue weighted by atomic mass is 15.1.